The predicted molar refractivity (Wildman–Crippen MR) is 94.6 cm³/mol. The molecule has 0 bridgehead atoms. The molecular weight excluding hydrogens is 328 g/mol. The fourth-order valence-corrected chi connectivity index (χ4v) is 2.78. The summed E-state index contributed by atoms with van der Waals surface area (Å²) in [5.74, 6) is 0.291. The quantitative estimate of drug-likeness (QED) is 0.632. The van der Waals surface area contributed by atoms with Crippen molar-refractivity contribution >= 4 is 41.2 Å². The molecule has 7 heteroatoms. The molecule has 0 spiro atoms. The molecular formula is C16H14N4OS2. The minimum Gasteiger partial charge on any atom is -0.319 e. The summed E-state index contributed by atoms with van der Waals surface area (Å²) >= 11 is 6.56. The molecule has 5 nitrogen and oxygen atoms in total. The summed E-state index contributed by atoms with van der Waals surface area (Å²) in [6.07, 6.45) is 1.86. The number of aromatic amines is 2. The lowest BCUT2D eigenvalue weighted by Gasteiger charge is -2.07. The van der Waals surface area contributed by atoms with Crippen molar-refractivity contribution in [3.05, 3.63) is 68.4 Å². The number of benzene rings is 1. The van der Waals surface area contributed by atoms with Crippen molar-refractivity contribution in [1.82, 2.24) is 20.5 Å². The number of hydrogen-bond donors (Lipinski definition) is 3. The Balaban J connectivity index is 1.91. The first-order chi connectivity index (χ1) is 11.1. The van der Waals surface area contributed by atoms with Gasteiger partial charge in [-0.2, -0.15) is 4.98 Å². The molecule has 0 aliphatic rings. The van der Waals surface area contributed by atoms with Crippen LogP contribution in [0.1, 0.15) is 26.6 Å². The summed E-state index contributed by atoms with van der Waals surface area (Å²) in [7, 11) is 0. The number of amides is 1. The number of carbonyl (C=O) groups is 1. The monoisotopic (exact) mass is 342 g/mol. The summed E-state index contributed by atoms with van der Waals surface area (Å²) in [4.78, 5) is 17.6. The van der Waals surface area contributed by atoms with Gasteiger partial charge in [0.25, 0.3) is 5.91 Å². The summed E-state index contributed by atoms with van der Waals surface area (Å²) in [6.45, 7) is 1.98. The minimum absolute atomic E-state index is 0.199. The van der Waals surface area contributed by atoms with Gasteiger partial charge in [-0.15, -0.1) is 11.3 Å². The third-order valence-electron chi connectivity index (χ3n) is 3.15. The van der Waals surface area contributed by atoms with Gasteiger partial charge in [-0.05, 0) is 48.8 Å². The molecule has 3 aromatic rings. The van der Waals surface area contributed by atoms with E-state index in [2.05, 4.69) is 20.5 Å². The van der Waals surface area contributed by atoms with E-state index in [1.54, 1.807) is 23.5 Å². The third kappa shape index (κ3) is 3.82. The van der Waals surface area contributed by atoms with Crippen LogP contribution in [0.25, 0.3) is 11.8 Å². The summed E-state index contributed by atoms with van der Waals surface area (Å²) in [5.41, 5.74) is 2.25. The number of aromatic nitrogens is 3. The van der Waals surface area contributed by atoms with E-state index in [0.717, 1.165) is 10.4 Å². The minimum atomic E-state index is -0.199. The topological polar surface area (TPSA) is 73.6 Å². The van der Waals surface area contributed by atoms with Crippen molar-refractivity contribution in [3.63, 3.8) is 0 Å². The Labute approximate surface area is 142 Å². The Morgan fingerprint density at radius 2 is 2.04 bits per heavy atom. The zero-order chi connectivity index (χ0) is 16.2. The number of nitrogens with zero attached hydrogens (tertiary/aromatic N) is 1. The first kappa shape index (κ1) is 15.4. The van der Waals surface area contributed by atoms with Crippen molar-refractivity contribution in [2.24, 2.45) is 0 Å². The second kappa shape index (κ2) is 6.72. The second-order valence-corrected chi connectivity index (χ2v) is 6.28. The van der Waals surface area contributed by atoms with Crippen LogP contribution in [-0.4, -0.2) is 21.1 Å². The standard InChI is InChI=1S/C16H14N4OS2/c1-10-4-6-11(7-5-10)15(21)17-13(9-12-3-2-8-23-12)14-18-16(22)20-19-14/h2-9H,1H3,(H,17,21)(H2,18,19,20,22)/b13-9+. The maximum atomic E-state index is 12.4. The van der Waals surface area contributed by atoms with Gasteiger partial charge in [-0.3, -0.25) is 15.0 Å². The molecule has 0 saturated carbocycles. The average molecular weight is 342 g/mol. The molecule has 0 saturated heterocycles. The van der Waals surface area contributed by atoms with Gasteiger partial charge in [0, 0.05) is 10.4 Å². The number of nitrogens with one attached hydrogen (secondary N) is 3. The lowest BCUT2D eigenvalue weighted by Crippen LogP contribution is -2.22. The first-order valence-corrected chi connectivity index (χ1v) is 8.19. The van der Waals surface area contributed by atoms with Gasteiger partial charge in [-0.25, -0.2) is 0 Å². The number of rotatable bonds is 4. The van der Waals surface area contributed by atoms with Gasteiger partial charge < -0.3 is 5.32 Å². The van der Waals surface area contributed by atoms with Crippen LogP contribution in [0.3, 0.4) is 0 Å². The Hall–Kier alpha value is -2.51. The Morgan fingerprint density at radius 1 is 1.26 bits per heavy atom. The Kier molecular flexibility index (Phi) is 4.50. The highest BCUT2D eigenvalue weighted by Crippen LogP contribution is 2.17. The molecule has 116 valence electrons. The van der Waals surface area contributed by atoms with Crippen LogP contribution in [0.5, 0.6) is 0 Å². The fraction of sp³-hybridized carbons (Fsp3) is 0.0625. The zero-order valence-electron chi connectivity index (χ0n) is 12.3. The highest BCUT2D eigenvalue weighted by atomic mass is 32.1. The average Bonchev–Trinajstić information content (AvgIpc) is 3.19. The first-order valence-electron chi connectivity index (χ1n) is 6.90. The molecule has 1 aromatic carbocycles. The number of H-pyrrole nitrogens is 2. The van der Waals surface area contributed by atoms with Crippen molar-refractivity contribution in [2.75, 3.05) is 0 Å². The van der Waals surface area contributed by atoms with Gasteiger partial charge in [0.05, 0.1) is 5.70 Å². The maximum absolute atomic E-state index is 12.4. The molecule has 3 N–H and O–H groups in total. The molecule has 0 fully saturated rings. The highest BCUT2D eigenvalue weighted by molar-refractivity contribution is 7.71. The lowest BCUT2D eigenvalue weighted by molar-refractivity contribution is 0.0973. The molecule has 0 radical (unpaired) electrons. The molecule has 0 aliphatic heterocycles. The van der Waals surface area contributed by atoms with Crippen LogP contribution in [-0.2, 0) is 0 Å². The Bertz CT molecular complexity index is 889. The van der Waals surface area contributed by atoms with Crippen molar-refractivity contribution in [2.45, 2.75) is 6.92 Å². The summed E-state index contributed by atoms with van der Waals surface area (Å²) < 4.78 is 0.335. The van der Waals surface area contributed by atoms with Gasteiger partial charge >= 0.3 is 0 Å². The van der Waals surface area contributed by atoms with Crippen LogP contribution in [0.15, 0.2) is 41.8 Å². The normalized spacial score (nSPS) is 11.4. The van der Waals surface area contributed by atoms with E-state index in [-0.39, 0.29) is 5.91 Å². The molecule has 0 aliphatic carbocycles. The Morgan fingerprint density at radius 3 is 2.65 bits per heavy atom. The zero-order valence-corrected chi connectivity index (χ0v) is 13.9. The van der Waals surface area contributed by atoms with E-state index in [0.29, 0.717) is 21.9 Å². The van der Waals surface area contributed by atoms with Crippen LogP contribution >= 0.6 is 23.6 Å². The van der Waals surface area contributed by atoms with E-state index in [1.165, 1.54) is 0 Å². The molecule has 0 atom stereocenters. The van der Waals surface area contributed by atoms with Gasteiger partial charge in [-0.1, -0.05) is 23.8 Å². The van der Waals surface area contributed by atoms with Crippen molar-refractivity contribution < 1.29 is 4.79 Å². The van der Waals surface area contributed by atoms with Crippen LogP contribution < -0.4 is 5.32 Å². The fourth-order valence-electron chi connectivity index (χ4n) is 1.98. The lowest BCUT2D eigenvalue weighted by atomic mass is 10.1. The molecule has 1 amide bonds. The number of hydrogen-bond acceptors (Lipinski definition) is 4. The third-order valence-corrected chi connectivity index (χ3v) is 4.16. The van der Waals surface area contributed by atoms with Crippen molar-refractivity contribution in [1.29, 1.82) is 0 Å². The number of thiophene rings is 1. The summed E-state index contributed by atoms with van der Waals surface area (Å²) in [5, 5.41) is 10.5. The van der Waals surface area contributed by atoms with Gasteiger partial charge in [0.2, 0.25) is 4.77 Å². The highest BCUT2D eigenvalue weighted by Gasteiger charge is 2.12. The molecule has 3 rings (SSSR count). The molecule has 0 unspecified atom stereocenters. The van der Waals surface area contributed by atoms with E-state index in [9.17, 15) is 4.79 Å². The smallest absolute Gasteiger partial charge is 0.255 e. The summed E-state index contributed by atoms with van der Waals surface area (Å²) in [6, 6.07) is 11.3. The van der Waals surface area contributed by atoms with Crippen LogP contribution in [0, 0.1) is 11.7 Å². The van der Waals surface area contributed by atoms with Crippen LogP contribution in [0.4, 0.5) is 0 Å². The van der Waals surface area contributed by atoms with E-state index in [1.807, 2.05) is 42.6 Å². The molecule has 23 heavy (non-hydrogen) atoms. The van der Waals surface area contributed by atoms with Crippen molar-refractivity contribution in [3.8, 4) is 0 Å². The maximum Gasteiger partial charge on any atom is 0.255 e. The van der Waals surface area contributed by atoms with Crippen LogP contribution in [0.2, 0.25) is 0 Å². The molecule has 2 heterocycles. The van der Waals surface area contributed by atoms with E-state index in [4.69, 9.17) is 12.2 Å². The van der Waals surface area contributed by atoms with Gasteiger partial charge in [0.1, 0.15) is 0 Å². The van der Waals surface area contributed by atoms with E-state index >= 15 is 0 Å². The second-order valence-electron chi connectivity index (χ2n) is 4.91. The van der Waals surface area contributed by atoms with Gasteiger partial charge in [0.15, 0.2) is 5.82 Å². The predicted octanol–water partition coefficient (Wildman–Crippen LogP) is 3.77. The van der Waals surface area contributed by atoms with E-state index < -0.39 is 0 Å². The number of aryl methyl sites for hydroxylation is 1. The number of carbonyl (C=O) groups excluding carboxylic acids is 1. The largest absolute Gasteiger partial charge is 0.319 e. The SMILES string of the molecule is Cc1ccc(C(=O)N/C(=C/c2cccs2)c2nc(=S)[nH][nH]2)cc1. The molecule has 2 aromatic heterocycles.